The quantitative estimate of drug-likeness (QED) is 0.294. The predicted molar refractivity (Wildman–Crippen MR) is 119 cm³/mol. The maximum Gasteiger partial charge on any atom is 0.407 e. The number of halogens is 1. The fourth-order valence-corrected chi connectivity index (χ4v) is 4.42. The Morgan fingerprint density at radius 2 is 1.87 bits per heavy atom. The number of quaternary nitrogens is 1. The molecule has 1 amide bonds. The van der Waals surface area contributed by atoms with Crippen LogP contribution < -0.4 is 5.32 Å². The summed E-state index contributed by atoms with van der Waals surface area (Å²) < 4.78 is 36.9. The van der Waals surface area contributed by atoms with Crippen molar-refractivity contribution in [1.29, 1.82) is 0 Å². The minimum atomic E-state index is -3.58. The first-order chi connectivity index (χ1) is 13.6. The van der Waals surface area contributed by atoms with Crippen molar-refractivity contribution in [3.63, 3.8) is 0 Å². The normalized spacial score (nSPS) is 15.0. The van der Waals surface area contributed by atoms with Crippen LogP contribution >= 0.6 is 15.9 Å². The first-order valence-corrected chi connectivity index (χ1v) is 12.7. The van der Waals surface area contributed by atoms with Crippen molar-refractivity contribution in [2.45, 2.75) is 79.4 Å². The van der Waals surface area contributed by atoms with E-state index >= 15 is 0 Å². The second-order valence-electron chi connectivity index (χ2n) is 8.60. The van der Waals surface area contributed by atoms with Gasteiger partial charge in [-0.15, -0.1) is 0 Å². The third kappa shape index (κ3) is 8.52. The molecule has 0 saturated heterocycles. The van der Waals surface area contributed by atoms with Gasteiger partial charge in [-0.1, -0.05) is 0 Å². The summed E-state index contributed by atoms with van der Waals surface area (Å²) in [7, 11) is -3.58. The van der Waals surface area contributed by atoms with Crippen LogP contribution in [0.1, 0.15) is 54.2 Å². The lowest BCUT2D eigenvalue weighted by Gasteiger charge is -2.40. The van der Waals surface area contributed by atoms with E-state index in [1.165, 1.54) is 0 Å². The first-order valence-electron chi connectivity index (χ1n) is 10.1. The highest BCUT2D eigenvalue weighted by Gasteiger charge is 2.35. The minimum absolute atomic E-state index is 0.222. The van der Waals surface area contributed by atoms with Crippen LogP contribution in [0.2, 0.25) is 0 Å². The van der Waals surface area contributed by atoms with Gasteiger partial charge in [-0.05, 0) is 63.5 Å². The van der Waals surface area contributed by atoms with Crippen LogP contribution in [0.4, 0.5) is 4.79 Å². The maximum absolute atomic E-state index is 12.0. The lowest BCUT2D eigenvalue weighted by molar-refractivity contribution is -0.975. The molecule has 0 bridgehead atoms. The number of aromatic nitrogens is 2. The number of hydrogen-bond donors (Lipinski definition) is 1. The molecule has 1 N–H and O–H groups in total. The van der Waals surface area contributed by atoms with E-state index in [0.29, 0.717) is 35.3 Å². The summed E-state index contributed by atoms with van der Waals surface area (Å²) in [5.74, 6) is 0. The van der Waals surface area contributed by atoms with Gasteiger partial charge in [0.2, 0.25) is 6.23 Å². The third-order valence-corrected chi connectivity index (χ3v) is 5.88. The highest BCUT2D eigenvalue weighted by molar-refractivity contribution is 9.10. The fraction of sp³-hybridized carbons (Fsp3) is 0.789. The summed E-state index contributed by atoms with van der Waals surface area (Å²) in [5.41, 5.74) is 0.339. The Morgan fingerprint density at radius 1 is 1.30 bits per heavy atom. The molecule has 30 heavy (non-hydrogen) atoms. The summed E-state index contributed by atoms with van der Waals surface area (Å²) in [6.07, 6.45) is 0.0357. The second-order valence-corrected chi connectivity index (χ2v) is 11.0. The fourth-order valence-electron chi connectivity index (χ4n) is 3.28. The molecule has 1 aromatic rings. The Morgan fingerprint density at radius 3 is 2.33 bits per heavy atom. The van der Waals surface area contributed by atoms with E-state index in [9.17, 15) is 13.2 Å². The molecule has 1 heterocycles. The van der Waals surface area contributed by atoms with Gasteiger partial charge in [-0.2, -0.15) is 13.5 Å². The monoisotopic (exact) mass is 511 g/mol. The van der Waals surface area contributed by atoms with Crippen molar-refractivity contribution < 1.29 is 26.6 Å². The van der Waals surface area contributed by atoms with Crippen LogP contribution in [-0.4, -0.2) is 66.0 Å². The number of amides is 1. The van der Waals surface area contributed by atoms with Crippen molar-refractivity contribution in [3.05, 3.63) is 16.4 Å². The van der Waals surface area contributed by atoms with Gasteiger partial charge in [-0.25, -0.2) is 8.98 Å². The van der Waals surface area contributed by atoms with Gasteiger partial charge in [0.05, 0.1) is 31.6 Å². The van der Waals surface area contributed by atoms with Crippen molar-refractivity contribution in [3.8, 4) is 0 Å². The SMILES string of the molecule is CC[N+](CC)(Cc1cc(Br)nn1CC(C)NC(=O)OC(C)(C)C)C(C)OS(C)(=O)=O. The zero-order valence-corrected chi connectivity index (χ0v) is 21.6. The summed E-state index contributed by atoms with van der Waals surface area (Å²) in [4.78, 5) is 12.0. The van der Waals surface area contributed by atoms with E-state index in [1.54, 1.807) is 6.92 Å². The standard InChI is InChI=1S/C19H35BrN4O5S/c1-9-24(10-2,15(4)29-30(8,26)27)13-16-11-17(20)22-23(16)12-14(3)21-18(25)28-19(5,6)7/h11,14-15H,9-10,12-13H2,1-8H3/p+1. The Kier molecular flexibility index (Phi) is 9.34. The van der Waals surface area contributed by atoms with Crippen molar-refractivity contribution in [2.75, 3.05) is 19.3 Å². The van der Waals surface area contributed by atoms with Gasteiger partial charge < -0.3 is 10.1 Å². The van der Waals surface area contributed by atoms with E-state index in [1.807, 2.05) is 52.3 Å². The summed E-state index contributed by atoms with van der Waals surface area (Å²) >= 11 is 3.42. The average molecular weight is 512 g/mol. The van der Waals surface area contributed by atoms with Crippen molar-refractivity contribution in [2.24, 2.45) is 0 Å². The number of hydrogen-bond acceptors (Lipinski definition) is 6. The van der Waals surface area contributed by atoms with Gasteiger partial charge in [0.15, 0.2) is 0 Å². The summed E-state index contributed by atoms with van der Waals surface area (Å²) in [6.45, 7) is 15.4. The molecule has 0 spiro atoms. The molecule has 0 aliphatic rings. The van der Waals surface area contributed by atoms with Crippen LogP contribution in [0.15, 0.2) is 10.7 Å². The molecule has 9 nitrogen and oxygen atoms in total. The van der Waals surface area contributed by atoms with Gasteiger partial charge in [0.25, 0.3) is 10.1 Å². The molecule has 1 rings (SSSR count). The van der Waals surface area contributed by atoms with Crippen LogP contribution in [0.5, 0.6) is 0 Å². The molecule has 1 aromatic heterocycles. The molecule has 11 heteroatoms. The molecule has 2 unspecified atom stereocenters. The van der Waals surface area contributed by atoms with Crippen LogP contribution in [-0.2, 0) is 32.1 Å². The van der Waals surface area contributed by atoms with Crippen molar-refractivity contribution in [1.82, 2.24) is 15.1 Å². The number of nitrogens with one attached hydrogen (secondary N) is 1. The molecule has 2 atom stereocenters. The van der Waals surface area contributed by atoms with E-state index < -0.39 is 28.0 Å². The van der Waals surface area contributed by atoms with Crippen LogP contribution in [0, 0.1) is 0 Å². The molecule has 0 fully saturated rings. The van der Waals surface area contributed by atoms with Crippen LogP contribution in [0.25, 0.3) is 0 Å². The molecular formula is C19H36BrN4O5S+. The molecule has 0 aromatic carbocycles. The Hall–Kier alpha value is -1.17. The second kappa shape index (κ2) is 10.4. The molecule has 174 valence electrons. The summed E-state index contributed by atoms with van der Waals surface area (Å²) in [6, 6.07) is 1.69. The minimum Gasteiger partial charge on any atom is -0.444 e. The van der Waals surface area contributed by atoms with E-state index in [0.717, 1.165) is 11.9 Å². The van der Waals surface area contributed by atoms with E-state index in [-0.39, 0.29) is 6.04 Å². The highest BCUT2D eigenvalue weighted by Crippen LogP contribution is 2.23. The van der Waals surface area contributed by atoms with Gasteiger partial charge in [-0.3, -0.25) is 9.16 Å². The molecule has 0 aliphatic carbocycles. The number of alkyl carbamates (subject to hydrolysis) is 1. The zero-order chi connectivity index (χ0) is 23.3. The number of rotatable bonds is 10. The number of carbonyl (C=O) groups excluding carboxylic acids is 1. The van der Waals surface area contributed by atoms with Gasteiger partial charge in [0, 0.05) is 13.0 Å². The maximum atomic E-state index is 12.0. The molecule has 0 saturated carbocycles. The molecule has 0 aliphatic heterocycles. The zero-order valence-electron chi connectivity index (χ0n) is 19.2. The smallest absolute Gasteiger partial charge is 0.407 e. The summed E-state index contributed by atoms with van der Waals surface area (Å²) in [5, 5.41) is 7.31. The van der Waals surface area contributed by atoms with E-state index in [2.05, 4.69) is 26.3 Å². The average Bonchev–Trinajstić information content (AvgIpc) is 2.87. The highest BCUT2D eigenvalue weighted by atomic mass is 79.9. The number of carbonyl (C=O) groups is 1. The topological polar surface area (TPSA) is 99.5 Å². The van der Waals surface area contributed by atoms with E-state index in [4.69, 9.17) is 8.92 Å². The predicted octanol–water partition coefficient (Wildman–Crippen LogP) is 3.24. The van der Waals surface area contributed by atoms with Gasteiger partial charge in [0.1, 0.15) is 16.7 Å². The molecule has 0 radical (unpaired) electrons. The largest absolute Gasteiger partial charge is 0.444 e. The van der Waals surface area contributed by atoms with Crippen LogP contribution in [0.3, 0.4) is 0 Å². The van der Waals surface area contributed by atoms with Crippen molar-refractivity contribution >= 4 is 32.1 Å². The number of ether oxygens (including phenoxy) is 1. The Labute approximate surface area is 188 Å². The third-order valence-electron chi connectivity index (χ3n) is 4.87. The van der Waals surface area contributed by atoms with Gasteiger partial charge >= 0.3 is 6.09 Å². The Bertz CT molecular complexity index is 815. The number of nitrogens with zero attached hydrogens (tertiary/aromatic N) is 3. The lowest BCUT2D eigenvalue weighted by atomic mass is 10.2. The molecular weight excluding hydrogens is 476 g/mol. The Balaban J connectivity index is 3.02. The first kappa shape index (κ1) is 26.9. The lowest BCUT2D eigenvalue weighted by Crippen LogP contribution is -2.55.